The summed E-state index contributed by atoms with van der Waals surface area (Å²) in [5, 5.41) is 7.94. The van der Waals surface area contributed by atoms with Gasteiger partial charge >= 0.3 is 0 Å². The zero-order valence-corrected chi connectivity index (χ0v) is 11.2. The van der Waals surface area contributed by atoms with E-state index in [0.717, 1.165) is 11.1 Å². The number of nitrogens with zero attached hydrogens (tertiary/aromatic N) is 2. The normalized spacial score (nSPS) is 12.3. The topological polar surface area (TPSA) is 64.9 Å². The Morgan fingerprint density at radius 3 is 2.62 bits per heavy atom. The number of hydrogen-bond acceptors (Lipinski definition) is 4. The second-order valence-electron chi connectivity index (χ2n) is 4.73. The third kappa shape index (κ3) is 3.14. The molecule has 0 radical (unpaired) electrons. The van der Waals surface area contributed by atoms with Gasteiger partial charge in [-0.25, -0.2) is 4.39 Å². The van der Waals surface area contributed by atoms with Crippen LogP contribution in [0.5, 0.6) is 0 Å². The molecule has 0 amide bonds. The first-order valence-corrected chi connectivity index (χ1v) is 6.59. The maximum Gasteiger partial charge on any atom is 0.237 e. The zero-order chi connectivity index (χ0) is 14.7. The van der Waals surface area contributed by atoms with Crippen LogP contribution in [-0.4, -0.2) is 10.2 Å². The number of nitrogens with two attached hydrogens (primary N) is 1. The van der Waals surface area contributed by atoms with Gasteiger partial charge in [-0.05, 0) is 23.3 Å². The average molecular weight is 283 g/mol. The molecule has 1 unspecified atom stereocenters. The van der Waals surface area contributed by atoms with E-state index in [1.807, 2.05) is 36.4 Å². The molecule has 2 N–H and O–H groups in total. The van der Waals surface area contributed by atoms with E-state index in [0.29, 0.717) is 18.2 Å². The molecule has 0 spiro atoms. The summed E-state index contributed by atoms with van der Waals surface area (Å²) in [4.78, 5) is 0. The number of benzene rings is 2. The fourth-order valence-corrected chi connectivity index (χ4v) is 2.09. The van der Waals surface area contributed by atoms with Gasteiger partial charge in [0.1, 0.15) is 11.9 Å². The average Bonchev–Trinajstić information content (AvgIpc) is 2.96. The third-order valence-electron chi connectivity index (χ3n) is 3.15. The van der Waals surface area contributed by atoms with Crippen LogP contribution in [0.3, 0.4) is 0 Å². The molecule has 21 heavy (non-hydrogen) atoms. The van der Waals surface area contributed by atoms with E-state index in [1.165, 1.54) is 12.1 Å². The molecule has 3 rings (SSSR count). The molecule has 106 valence electrons. The molecule has 1 heterocycles. The predicted octanol–water partition coefficient (Wildman–Crippen LogP) is 2.85. The summed E-state index contributed by atoms with van der Waals surface area (Å²) in [6, 6.07) is 15.4. The minimum atomic E-state index is -0.458. The van der Waals surface area contributed by atoms with Crippen molar-refractivity contribution in [2.45, 2.75) is 12.5 Å². The SMILES string of the molecule is NC(c1ccccc1)c1nnc(Cc2cccc(F)c2)o1. The van der Waals surface area contributed by atoms with Crippen molar-refractivity contribution in [3.8, 4) is 0 Å². The van der Waals surface area contributed by atoms with Crippen LogP contribution in [0.1, 0.15) is 29.0 Å². The Kier molecular flexibility index (Phi) is 3.75. The lowest BCUT2D eigenvalue weighted by Crippen LogP contribution is -2.11. The van der Waals surface area contributed by atoms with E-state index in [-0.39, 0.29) is 5.82 Å². The van der Waals surface area contributed by atoms with Crippen molar-refractivity contribution in [3.05, 3.63) is 83.3 Å². The summed E-state index contributed by atoms with van der Waals surface area (Å²) >= 11 is 0. The predicted molar refractivity (Wildman–Crippen MR) is 76.0 cm³/mol. The molecule has 0 saturated heterocycles. The maximum absolute atomic E-state index is 13.1. The molecule has 1 atom stereocenters. The van der Waals surface area contributed by atoms with Crippen molar-refractivity contribution in [3.63, 3.8) is 0 Å². The summed E-state index contributed by atoms with van der Waals surface area (Å²) in [5.41, 5.74) is 7.77. The summed E-state index contributed by atoms with van der Waals surface area (Å²) < 4.78 is 18.7. The van der Waals surface area contributed by atoms with Crippen LogP contribution in [0.25, 0.3) is 0 Å². The second kappa shape index (κ2) is 5.85. The van der Waals surface area contributed by atoms with Crippen molar-refractivity contribution in [2.75, 3.05) is 0 Å². The first kappa shape index (κ1) is 13.5. The fourth-order valence-electron chi connectivity index (χ4n) is 2.09. The molecular weight excluding hydrogens is 269 g/mol. The van der Waals surface area contributed by atoms with Crippen molar-refractivity contribution in [1.29, 1.82) is 0 Å². The highest BCUT2D eigenvalue weighted by molar-refractivity contribution is 5.23. The van der Waals surface area contributed by atoms with Crippen LogP contribution < -0.4 is 5.73 Å². The van der Waals surface area contributed by atoms with Gasteiger partial charge in [-0.3, -0.25) is 0 Å². The van der Waals surface area contributed by atoms with E-state index in [1.54, 1.807) is 6.07 Å². The van der Waals surface area contributed by atoms with E-state index < -0.39 is 6.04 Å². The summed E-state index contributed by atoms with van der Waals surface area (Å²) in [5.74, 6) is 0.489. The summed E-state index contributed by atoms with van der Waals surface area (Å²) in [7, 11) is 0. The van der Waals surface area contributed by atoms with Gasteiger partial charge in [0.15, 0.2) is 0 Å². The Balaban J connectivity index is 1.77. The monoisotopic (exact) mass is 283 g/mol. The van der Waals surface area contributed by atoms with Crippen LogP contribution in [0, 0.1) is 5.82 Å². The molecule has 1 aromatic heterocycles. The first-order chi connectivity index (χ1) is 10.2. The first-order valence-electron chi connectivity index (χ1n) is 6.59. The quantitative estimate of drug-likeness (QED) is 0.799. The second-order valence-corrected chi connectivity index (χ2v) is 4.73. The Morgan fingerprint density at radius 1 is 1.05 bits per heavy atom. The number of rotatable bonds is 4. The molecule has 3 aromatic rings. The van der Waals surface area contributed by atoms with E-state index in [2.05, 4.69) is 10.2 Å². The van der Waals surface area contributed by atoms with Crippen LogP contribution in [-0.2, 0) is 6.42 Å². The van der Waals surface area contributed by atoms with Gasteiger partial charge in [-0.1, -0.05) is 42.5 Å². The molecule has 0 aliphatic rings. The Morgan fingerprint density at radius 2 is 1.86 bits per heavy atom. The van der Waals surface area contributed by atoms with Crippen molar-refractivity contribution >= 4 is 0 Å². The summed E-state index contributed by atoms with van der Waals surface area (Å²) in [6.45, 7) is 0. The molecule has 0 bridgehead atoms. The lowest BCUT2D eigenvalue weighted by atomic mass is 10.1. The van der Waals surface area contributed by atoms with Gasteiger partial charge in [0.05, 0.1) is 6.42 Å². The van der Waals surface area contributed by atoms with Gasteiger partial charge < -0.3 is 10.2 Å². The fraction of sp³-hybridized carbons (Fsp3) is 0.125. The van der Waals surface area contributed by atoms with Gasteiger partial charge in [0.25, 0.3) is 0 Å². The van der Waals surface area contributed by atoms with Crippen LogP contribution in [0.2, 0.25) is 0 Å². The number of aromatic nitrogens is 2. The Bertz CT molecular complexity index is 727. The Labute approximate surface area is 121 Å². The highest BCUT2D eigenvalue weighted by atomic mass is 19.1. The Hall–Kier alpha value is -2.53. The van der Waals surface area contributed by atoms with E-state index >= 15 is 0 Å². The number of halogens is 1. The molecule has 5 heteroatoms. The highest BCUT2D eigenvalue weighted by Crippen LogP contribution is 2.19. The lowest BCUT2D eigenvalue weighted by molar-refractivity contribution is 0.441. The molecular formula is C16H14FN3O. The molecule has 2 aromatic carbocycles. The van der Waals surface area contributed by atoms with Gasteiger partial charge in [-0.15, -0.1) is 10.2 Å². The van der Waals surface area contributed by atoms with Crippen molar-refractivity contribution < 1.29 is 8.81 Å². The molecule has 0 saturated carbocycles. The minimum absolute atomic E-state index is 0.284. The molecule has 0 aliphatic heterocycles. The molecule has 4 nitrogen and oxygen atoms in total. The van der Waals surface area contributed by atoms with Gasteiger partial charge in [0, 0.05) is 0 Å². The minimum Gasteiger partial charge on any atom is -0.423 e. The third-order valence-corrected chi connectivity index (χ3v) is 3.15. The van der Waals surface area contributed by atoms with E-state index in [9.17, 15) is 4.39 Å². The van der Waals surface area contributed by atoms with Crippen LogP contribution in [0.4, 0.5) is 4.39 Å². The molecule has 0 aliphatic carbocycles. The molecule has 0 fully saturated rings. The largest absolute Gasteiger partial charge is 0.423 e. The standard InChI is InChI=1S/C16H14FN3O/c17-13-8-4-5-11(9-13)10-14-19-20-16(21-14)15(18)12-6-2-1-3-7-12/h1-9,15H,10,18H2. The van der Waals surface area contributed by atoms with Gasteiger partial charge in [-0.2, -0.15) is 0 Å². The zero-order valence-electron chi connectivity index (χ0n) is 11.2. The highest BCUT2D eigenvalue weighted by Gasteiger charge is 2.16. The van der Waals surface area contributed by atoms with Crippen molar-refractivity contribution in [2.24, 2.45) is 5.73 Å². The lowest BCUT2D eigenvalue weighted by Gasteiger charge is -2.06. The van der Waals surface area contributed by atoms with Crippen LogP contribution >= 0.6 is 0 Å². The maximum atomic E-state index is 13.1. The smallest absolute Gasteiger partial charge is 0.237 e. The van der Waals surface area contributed by atoms with Crippen molar-refractivity contribution in [1.82, 2.24) is 10.2 Å². The van der Waals surface area contributed by atoms with Crippen LogP contribution in [0.15, 0.2) is 59.0 Å². The number of hydrogen-bond donors (Lipinski definition) is 1. The van der Waals surface area contributed by atoms with E-state index in [4.69, 9.17) is 10.2 Å². The summed E-state index contributed by atoms with van der Waals surface area (Å²) in [6.07, 6.45) is 0.381. The van der Waals surface area contributed by atoms with Gasteiger partial charge in [0.2, 0.25) is 11.8 Å².